The minimum Gasteiger partial charge on any atom is -0.314 e. The van der Waals surface area contributed by atoms with Crippen LogP contribution in [0.3, 0.4) is 0 Å². The summed E-state index contributed by atoms with van der Waals surface area (Å²) in [5, 5.41) is 6.27. The first-order chi connectivity index (χ1) is 6.81. The average Bonchev–Trinajstić information content (AvgIpc) is 2.76. The van der Waals surface area contributed by atoms with Gasteiger partial charge in [0, 0.05) is 6.54 Å². The van der Waals surface area contributed by atoms with Gasteiger partial charge < -0.3 is 5.32 Å². The Morgan fingerprint density at radius 2 is 2.43 bits per heavy atom. The van der Waals surface area contributed by atoms with Gasteiger partial charge in [0.1, 0.15) is 5.01 Å². The van der Waals surface area contributed by atoms with Gasteiger partial charge in [-0.05, 0) is 34.4 Å². The number of rotatable bonds is 3. The molecule has 2 aromatic heterocycles. The Morgan fingerprint density at radius 1 is 1.57 bits per heavy atom. The highest BCUT2D eigenvalue weighted by Gasteiger charge is 2.09. The van der Waals surface area contributed by atoms with E-state index in [1.807, 2.05) is 13.1 Å². The highest BCUT2D eigenvalue weighted by Crippen LogP contribution is 2.34. The third kappa shape index (κ3) is 2.06. The highest BCUT2D eigenvalue weighted by molar-refractivity contribution is 9.11. The zero-order valence-corrected chi connectivity index (χ0v) is 10.8. The number of hydrogen-bond acceptors (Lipinski definition) is 4. The molecule has 0 bridgehead atoms. The van der Waals surface area contributed by atoms with E-state index in [2.05, 4.69) is 37.7 Å². The lowest BCUT2D eigenvalue weighted by molar-refractivity contribution is 0.795. The summed E-state index contributed by atoms with van der Waals surface area (Å²) in [6.45, 7) is 0.808. The van der Waals surface area contributed by atoms with E-state index in [0.717, 1.165) is 21.0 Å². The molecule has 0 saturated heterocycles. The molecule has 1 N–H and O–H groups in total. The van der Waals surface area contributed by atoms with Crippen LogP contribution in [0.4, 0.5) is 0 Å². The zero-order chi connectivity index (χ0) is 9.97. The van der Waals surface area contributed by atoms with Gasteiger partial charge in [-0.3, -0.25) is 0 Å². The number of aromatic nitrogens is 1. The second-order valence-corrected chi connectivity index (χ2v) is 6.01. The smallest absolute Gasteiger partial charge is 0.134 e. The molecule has 2 heterocycles. The molecular formula is C9H9BrN2S2. The second-order valence-electron chi connectivity index (χ2n) is 2.75. The van der Waals surface area contributed by atoms with Crippen LogP contribution in [0.15, 0.2) is 21.3 Å². The number of nitrogens with zero attached hydrogens (tertiary/aromatic N) is 1. The van der Waals surface area contributed by atoms with Gasteiger partial charge in [0.25, 0.3) is 0 Å². The van der Waals surface area contributed by atoms with E-state index in [-0.39, 0.29) is 0 Å². The van der Waals surface area contributed by atoms with Crippen LogP contribution in [0.5, 0.6) is 0 Å². The van der Waals surface area contributed by atoms with Crippen molar-refractivity contribution in [3.8, 4) is 9.88 Å². The summed E-state index contributed by atoms with van der Waals surface area (Å²) in [4.78, 5) is 5.80. The molecule has 0 aliphatic rings. The average molecular weight is 289 g/mol. The van der Waals surface area contributed by atoms with E-state index in [1.54, 1.807) is 22.7 Å². The number of halogens is 1. The van der Waals surface area contributed by atoms with Crippen molar-refractivity contribution in [2.45, 2.75) is 6.54 Å². The van der Waals surface area contributed by atoms with Gasteiger partial charge in [-0.2, -0.15) is 0 Å². The Balaban J connectivity index is 2.33. The van der Waals surface area contributed by atoms with Gasteiger partial charge in [-0.1, -0.05) is 6.07 Å². The summed E-state index contributed by atoms with van der Waals surface area (Å²) in [5.74, 6) is 0. The van der Waals surface area contributed by atoms with Crippen LogP contribution in [0.2, 0.25) is 0 Å². The van der Waals surface area contributed by atoms with Gasteiger partial charge >= 0.3 is 0 Å². The van der Waals surface area contributed by atoms with Crippen molar-refractivity contribution in [1.29, 1.82) is 0 Å². The van der Waals surface area contributed by atoms with Crippen LogP contribution >= 0.6 is 38.6 Å². The van der Waals surface area contributed by atoms with E-state index < -0.39 is 0 Å². The highest BCUT2D eigenvalue weighted by atomic mass is 79.9. The Hall–Kier alpha value is -0.230. The molecule has 0 fully saturated rings. The summed E-state index contributed by atoms with van der Waals surface area (Å²) in [7, 11) is 1.93. The maximum atomic E-state index is 4.56. The molecule has 0 atom stereocenters. The number of nitrogens with one attached hydrogen (secondary N) is 1. The molecule has 2 rings (SSSR count). The van der Waals surface area contributed by atoms with Crippen LogP contribution in [-0.2, 0) is 6.54 Å². The van der Waals surface area contributed by atoms with Gasteiger partial charge in [-0.15, -0.1) is 22.7 Å². The predicted octanol–water partition coefficient (Wildman–Crippen LogP) is 3.35. The zero-order valence-electron chi connectivity index (χ0n) is 7.58. The molecule has 0 unspecified atom stereocenters. The van der Waals surface area contributed by atoms with Gasteiger partial charge in [0.2, 0.25) is 0 Å². The van der Waals surface area contributed by atoms with Crippen LogP contribution in [0.25, 0.3) is 9.88 Å². The summed E-state index contributed by atoms with van der Waals surface area (Å²) in [5.41, 5.74) is 1.08. The van der Waals surface area contributed by atoms with Gasteiger partial charge in [0.05, 0.1) is 14.4 Å². The van der Waals surface area contributed by atoms with Crippen LogP contribution in [0, 0.1) is 0 Å². The van der Waals surface area contributed by atoms with Crippen molar-refractivity contribution in [1.82, 2.24) is 10.3 Å². The molecule has 2 aromatic rings. The molecular weight excluding hydrogens is 280 g/mol. The van der Waals surface area contributed by atoms with Gasteiger partial charge in [0.15, 0.2) is 0 Å². The first-order valence-corrected chi connectivity index (χ1v) is 6.64. The summed E-state index contributed by atoms with van der Waals surface area (Å²) in [6, 6.07) is 4.14. The Kier molecular flexibility index (Phi) is 3.33. The Labute approximate surface area is 99.1 Å². The minimum absolute atomic E-state index is 0.808. The lowest BCUT2D eigenvalue weighted by Crippen LogP contribution is -2.05. The maximum Gasteiger partial charge on any atom is 0.134 e. The molecule has 2 nitrogen and oxygen atoms in total. The SMILES string of the molecule is CNCc1nc(-c2cccs2)sc1Br. The number of hydrogen-bond donors (Lipinski definition) is 1. The topological polar surface area (TPSA) is 24.9 Å². The largest absolute Gasteiger partial charge is 0.314 e. The maximum absolute atomic E-state index is 4.56. The first kappa shape index (κ1) is 10.3. The molecule has 0 amide bonds. The third-order valence-corrected chi connectivity index (χ3v) is 4.59. The van der Waals surface area contributed by atoms with E-state index >= 15 is 0 Å². The third-order valence-electron chi connectivity index (χ3n) is 1.73. The fourth-order valence-corrected chi connectivity index (χ4v) is 3.41. The normalized spacial score (nSPS) is 10.7. The fraction of sp³-hybridized carbons (Fsp3) is 0.222. The molecule has 0 aliphatic carbocycles. The summed E-state index contributed by atoms with van der Waals surface area (Å²) < 4.78 is 1.12. The molecule has 74 valence electrons. The fourth-order valence-electron chi connectivity index (χ4n) is 1.12. The van der Waals surface area contributed by atoms with Crippen LogP contribution in [0.1, 0.15) is 5.69 Å². The second kappa shape index (κ2) is 4.53. The van der Waals surface area contributed by atoms with Crippen molar-refractivity contribution >= 4 is 38.6 Å². The molecule has 0 spiro atoms. The van der Waals surface area contributed by atoms with Crippen molar-refractivity contribution in [3.63, 3.8) is 0 Å². The van der Waals surface area contributed by atoms with E-state index in [9.17, 15) is 0 Å². The Morgan fingerprint density at radius 3 is 3.07 bits per heavy atom. The molecule has 0 aliphatic heterocycles. The van der Waals surface area contributed by atoms with Gasteiger partial charge in [-0.25, -0.2) is 4.98 Å². The number of thiazole rings is 1. The van der Waals surface area contributed by atoms with Crippen molar-refractivity contribution in [3.05, 3.63) is 27.0 Å². The van der Waals surface area contributed by atoms with Crippen LogP contribution < -0.4 is 5.32 Å². The molecule has 0 radical (unpaired) electrons. The predicted molar refractivity (Wildman–Crippen MR) is 65.9 cm³/mol. The minimum atomic E-state index is 0.808. The molecule has 0 aromatic carbocycles. The van der Waals surface area contributed by atoms with Crippen molar-refractivity contribution in [2.24, 2.45) is 0 Å². The molecule has 14 heavy (non-hydrogen) atoms. The van der Waals surface area contributed by atoms with Crippen LogP contribution in [-0.4, -0.2) is 12.0 Å². The summed E-state index contributed by atoms with van der Waals surface area (Å²) >= 11 is 6.94. The lowest BCUT2D eigenvalue weighted by atomic mass is 10.4. The molecule has 0 saturated carbocycles. The lowest BCUT2D eigenvalue weighted by Gasteiger charge is -1.92. The van der Waals surface area contributed by atoms with E-state index in [4.69, 9.17) is 0 Å². The quantitative estimate of drug-likeness (QED) is 0.937. The standard InChI is InChI=1S/C9H9BrN2S2/c1-11-5-6-8(10)14-9(12-6)7-3-2-4-13-7/h2-4,11H,5H2,1H3. The molecule has 5 heteroatoms. The Bertz CT molecular complexity index is 408. The monoisotopic (exact) mass is 288 g/mol. The summed E-state index contributed by atoms with van der Waals surface area (Å²) in [6.07, 6.45) is 0. The van der Waals surface area contributed by atoms with Crippen molar-refractivity contribution < 1.29 is 0 Å². The van der Waals surface area contributed by atoms with E-state index in [1.165, 1.54) is 4.88 Å². The van der Waals surface area contributed by atoms with E-state index in [0.29, 0.717) is 0 Å². The first-order valence-electron chi connectivity index (χ1n) is 4.15. The number of thiophene rings is 1. The van der Waals surface area contributed by atoms with Crippen molar-refractivity contribution in [2.75, 3.05) is 7.05 Å².